The molecule has 86 valence electrons. The van der Waals surface area contributed by atoms with Crippen LogP contribution in [-0.4, -0.2) is 6.10 Å². The lowest BCUT2D eigenvalue weighted by molar-refractivity contribution is 0.174. The number of hydrogen-bond acceptors (Lipinski definition) is 1. The van der Waals surface area contributed by atoms with E-state index in [9.17, 15) is 4.39 Å². The van der Waals surface area contributed by atoms with Crippen molar-refractivity contribution in [1.82, 2.24) is 0 Å². The topological polar surface area (TPSA) is 9.23 Å². The van der Waals surface area contributed by atoms with Gasteiger partial charge in [0.2, 0.25) is 0 Å². The fraction of sp³-hybridized carbons (Fsp3) is 0.571. The molecule has 2 aliphatic rings. The molecule has 3 atom stereocenters. The van der Waals surface area contributed by atoms with E-state index in [1.165, 1.54) is 25.3 Å². The van der Waals surface area contributed by atoms with E-state index in [4.69, 9.17) is 4.74 Å². The van der Waals surface area contributed by atoms with Crippen LogP contribution in [0.4, 0.5) is 4.39 Å². The quantitative estimate of drug-likeness (QED) is 0.644. The van der Waals surface area contributed by atoms with E-state index >= 15 is 0 Å². The second-order valence-electron chi connectivity index (χ2n) is 5.10. The smallest absolute Gasteiger partial charge is 0.165 e. The van der Waals surface area contributed by atoms with Crippen LogP contribution in [0.5, 0.6) is 5.75 Å². The Morgan fingerprint density at radius 3 is 2.94 bits per heavy atom. The van der Waals surface area contributed by atoms with Crippen molar-refractivity contribution in [2.75, 3.05) is 0 Å². The van der Waals surface area contributed by atoms with Gasteiger partial charge in [0.15, 0.2) is 11.6 Å². The summed E-state index contributed by atoms with van der Waals surface area (Å²) in [4.78, 5) is 0. The second-order valence-corrected chi connectivity index (χ2v) is 5.10. The fourth-order valence-corrected chi connectivity index (χ4v) is 3.24. The van der Waals surface area contributed by atoms with Gasteiger partial charge >= 0.3 is 0 Å². The van der Waals surface area contributed by atoms with Gasteiger partial charge in [0.1, 0.15) is 6.10 Å². The van der Waals surface area contributed by atoms with Crippen molar-refractivity contribution >= 4 is 0 Å². The predicted molar refractivity (Wildman–Crippen MR) is 61.2 cm³/mol. The summed E-state index contributed by atoms with van der Waals surface area (Å²) in [5, 5.41) is 0. The first kappa shape index (κ1) is 10.1. The molecule has 0 bridgehead atoms. The minimum atomic E-state index is -0.197. The van der Waals surface area contributed by atoms with E-state index in [0.29, 0.717) is 17.6 Å². The first-order valence-corrected chi connectivity index (χ1v) is 6.22. The average Bonchev–Trinajstić information content (AvgIpc) is 2.55. The van der Waals surface area contributed by atoms with E-state index in [0.717, 1.165) is 12.0 Å². The van der Waals surface area contributed by atoms with Gasteiger partial charge in [-0.25, -0.2) is 4.39 Å². The third-order valence-electron chi connectivity index (χ3n) is 4.04. The zero-order valence-electron chi connectivity index (χ0n) is 9.58. The Labute approximate surface area is 95.6 Å². The highest BCUT2D eigenvalue weighted by Gasteiger charge is 2.39. The Kier molecular flexibility index (Phi) is 2.38. The lowest BCUT2D eigenvalue weighted by Crippen LogP contribution is -2.21. The second kappa shape index (κ2) is 3.76. The predicted octanol–water partition coefficient (Wildman–Crippen LogP) is 3.88. The summed E-state index contributed by atoms with van der Waals surface area (Å²) in [6.07, 6.45) is 5.01. The van der Waals surface area contributed by atoms with Crippen LogP contribution in [0.25, 0.3) is 0 Å². The number of hydrogen-bond donors (Lipinski definition) is 0. The number of benzene rings is 1. The number of halogens is 1. The lowest BCUT2D eigenvalue weighted by atomic mass is 9.83. The summed E-state index contributed by atoms with van der Waals surface area (Å²) >= 11 is 0. The maximum absolute atomic E-state index is 13.6. The molecule has 0 aromatic heterocycles. The molecule has 2 heteroatoms. The van der Waals surface area contributed by atoms with E-state index in [2.05, 4.69) is 6.92 Å². The molecule has 1 aromatic carbocycles. The van der Waals surface area contributed by atoms with Crippen molar-refractivity contribution in [3.05, 3.63) is 29.6 Å². The molecule has 1 aliphatic heterocycles. The van der Waals surface area contributed by atoms with Crippen LogP contribution in [0.1, 0.15) is 44.1 Å². The Balaban J connectivity index is 2.04. The maximum atomic E-state index is 13.6. The van der Waals surface area contributed by atoms with Gasteiger partial charge in [-0.3, -0.25) is 0 Å². The van der Waals surface area contributed by atoms with Crippen molar-refractivity contribution < 1.29 is 9.13 Å². The summed E-state index contributed by atoms with van der Waals surface area (Å²) < 4.78 is 19.5. The van der Waals surface area contributed by atoms with Gasteiger partial charge in [0.25, 0.3) is 0 Å². The van der Waals surface area contributed by atoms with Crippen LogP contribution in [0.3, 0.4) is 0 Å². The molecule has 0 N–H and O–H groups in total. The molecule has 0 amide bonds. The molecule has 0 radical (unpaired) electrons. The van der Waals surface area contributed by atoms with Crippen molar-refractivity contribution in [1.29, 1.82) is 0 Å². The summed E-state index contributed by atoms with van der Waals surface area (Å²) in [6.45, 7) is 2.27. The molecule has 0 spiro atoms. The highest BCUT2D eigenvalue weighted by molar-refractivity contribution is 5.42. The largest absolute Gasteiger partial charge is 0.486 e. The molecule has 1 heterocycles. The van der Waals surface area contributed by atoms with E-state index < -0.39 is 0 Å². The third kappa shape index (κ3) is 1.43. The highest BCUT2D eigenvalue weighted by Crippen LogP contribution is 2.47. The molecule has 1 nitrogen and oxygen atoms in total. The molecule has 0 saturated heterocycles. The molecule has 3 unspecified atom stereocenters. The summed E-state index contributed by atoms with van der Waals surface area (Å²) in [5.41, 5.74) is 1.10. The summed E-state index contributed by atoms with van der Waals surface area (Å²) in [7, 11) is 0. The van der Waals surface area contributed by atoms with Crippen molar-refractivity contribution in [2.45, 2.75) is 44.6 Å². The zero-order valence-corrected chi connectivity index (χ0v) is 9.58. The molecular formula is C14H17FO. The van der Waals surface area contributed by atoms with Gasteiger partial charge in [0, 0.05) is 11.5 Å². The van der Waals surface area contributed by atoms with Crippen LogP contribution in [-0.2, 0) is 0 Å². The Morgan fingerprint density at radius 1 is 1.25 bits per heavy atom. The monoisotopic (exact) mass is 220 g/mol. The van der Waals surface area contributed by atoms with Crippen LogP contribution in [0.2, 0.25) is 0 Å². The van der Waals surface area contributed by atoms with Gasteiger partial charge < -0.3 is 4.74 Å². The lowest BCUT2D eigenvalue weighted by Gasteiger charge is -2.21. The Bertz CT molecular complexity index is 402. The van der Waals surface area contributed by atoms with Crippen molar-refractivity contribution in [3.8, 4) is 5.75 Å². The molecule has 1 fully saturated rings. The molecule has 1 aliphatic carbocycles. The Morgan fingerprint density at radius 2 is 2.06 bits per heavy atom. The average molecular weight is 220 g/mol. The first-order valence-electron chi connectivity index (χ1n) is 6.22. The fourth-order valence-electron chi connectivity index (χ4n) is 3.24. The molecule has 1 saturated carbocycles. The van der Waals surface area contributed by atoms with Crippen LogP contribution < -0.4 is 4.74 Å². The van der Waals surface area contributed by atoms with E-state index in [-0.39, 0.29) is 11.9 Å². The highest BCUT2D eigenvalue weighted by atomic mass is 19.1. The first-order chi connectivity index (χ1) is 7.77. The van der Waals surface area contributed by atoms with Gasteiger partial charge in [-0.2, -0.15) is 0 Å². The minimum Gasteiger partial charge on any atom is -0.486 e. The standard InChI is InChI=1S/C14H17FO/c1-9-5-2-3-8-12-13(9)10-6-4-7-11(15)14(10)16-12/h4,6-7,9,12-13H,2-3,5,8H2,1H3. The number of rotatable bonds is 0. The SMILES string of the molecule is CC1CCCCC2Oc3c(F)cccc3C12. The van der Waals surface area contributed by atoms with Crippen LogP contribution in [0, 0.1) is 11.7 Å². The van der Waals surface area contributed by atoms with Gasteiger partial charge in [0.05, 0.1) is 0 Å². The van der Waals surface area contributed by atoms with E-state index in [1.54, 1.807) is 6.07 Å². The molecule has 3 rings (SSSR count). The van der Waals surface area contributed by atoms with E-state index in [1.807, 2.05) is 6.07 Å². The zero-order chi connectivity index (χ0) is 11.1. The van der Waals surface area contributed by atoms with Gasteiger partial charge in [-0.15, -0.1) is 0 Å². The van der Waals surface area contributed by atoms with Gasteiger partial charge in [-0.05, 0) is 31.2 Å². The maximum Gasteiger partial charge on any atom is 0.165 e. The number of fused-ring (bicyclic) bond motifs is 3. The molecular weight excluding hydrogens is 203 g/mol. The van der Waals surface area contributed by atoms with Crippen molar-refractivity contribution in [2.24, 2.45) is 5.92 Å². The van der Waals surface area contributed by atoms with Crippen molar-refractivity contribution in [3.63, 3.8) is 0 Å². The normalized spacial score (nSPS) is 32.5. The molecule has 1 aromatic rings. The number of para-hydroxylation sites is 1. The third-order valence-corrected chi connectivity index (χ3v) is 4.04. The van der Waals surface area contributed by atoms with Crippen LogP contribution >= 0.6 is 0 Å². The Hall–Kier alpha value is -1.05. The summed E-state index contributed by atoms with van der Waals surface area (Å²) in [6, 6.07) is 5.33. The summed E-state index contributed by atoms with van der Waals surface area (Å²) in [5.74, 6) is 1.34. The molecule has 16 heavy (non-hydrogen) atoms. The number of ether oxygens (including phenoxy) is 1. The van der Waals surface area contributed by atoms with Gasteiger partial charge in [-0.1, -0.05) is 25.5 Å². The van der Waals surface area contributed by atoms with Crippen LogP contribution in [0.15, 0.2) is 18.2 Å². The minimum absolute atomic E-state index is 0.197.